The average molecular weight is 561 g/mol. The highest BCUT2D eigenvalue weighted by molar-refractivity contribution is 5.69. The van der Waals surface area contributed by atoms with Gasteiger partial charge in [0.15, 0.2) is 36.8 Å². The summed E-state index contributed by atoms with van der Waals surface area (Å²) >= 11 is 0. The predicted octanol–water partition coefficient (Wildman–Crippen LogP) is -0.138. The molecule has 0 bridgehead atoms. The van der Waals surface area contributed by atoms with Crippen molar-refractivity contribution in [3.63, 3.8) is 0 Å². The molecule has 0 aromatic rings. The highest BCUT2D eigenvalue weighted by atomic mass is 16.7. The van der Waals surface area contributed by atoms with Crippen molar-refractivity contribution >= 4 is 35.8 Å². The molecular weight excluding hydrogens is 528 g/mol. The highest BCUT2D eigenvalue weighted by Gasteiger charge is 2.54. The van der Waals surface area contributed by atoms with Crippen molar-refractivity contribution in [2.75, 3.05) is 13.2 Å². The fraction of sp³-hybridized carbons (Fsp3) is 0.667. The van der Waals surface area contributed by atoms with Crippen LogP contribution in [-0.4, -0.2) is 98.0 Å². The average Bonchev–Trinajstić information content (AvgIpc) is 2.80. The molecule has 2 aliphatic heterocycles. The molecule has 15 nitrogen and oxygen atoms in total. The summed E-state index contributed by atoms with van der Waals surface area (Å²) in [4.78, 5) is 70.6. The first kappa shape index (κ1) is 31.5. The maximum absolute atomic E-state index is 12.0. The normalized spacial score (nSPS) is 29.7. The molecule has 1 fully saturated rings. The van der Waals surface area contributed by atoms with Crippen molar-refractivity contribution in [3.8, 4) is 0 Å². The first-order valence-electron chi connectivity index (χ1n) is 11.9. The zero-order chi connectivity index (χ0) is 29.3. The van der Waals surface area contributed by atoms with Gasteiger partial charge < -0.3 is 42.6 Å². The second kappa shape index (κ2) is 14.4. The van der Waals surface area contributed by atoms with E-state index in [9.17, 15) is 28.8 Å². The molecule has 0 spiro atoms. The molecule has 0 N–H and O–H groups in total. The summed E-state index contributed by atoms with van der Waals surface area (Å²) in [7, 11) is 0. The van der Waals surface area contributed by atoms with Gasteiger partial charge in [0, 0.05) is 41.5 Å². The van der Waals surface area contributed by atoms with E-state index in [1.807, 2.05) is 0 Å². The van der Waals surface area contributed by atoms with Crippen LogP contribution in [0.2, 0.25) is 0 Å². The van der Waals surface area contributed by atoms with Crippen molar-refractivity contribution < 1.29 is 71.4 Å². The van der Waals surface area contributed by atoms with Crippen molar-refractivity contribution in [1.29, 1.82) is 0 Å². The molecule has 2 heterocycles. The van der Waals surface area contributed by atoms with Gasteiger partial charge in [0.25, 0.3) is 0 Å². The zero-order valence-corrected chi connectivity index (χ0v) is 22.3. The van der Waals surface area contributed by atoms with Crippen LogP contribution in [-0.2, 0) is 71.4 Å². The van der Waals surface area contributed by atoms with E-state index in [-0.39, 0.29) is 6.61 Å². The minimum atomic E-state index is -1.58. The first-order valence-corrected chi connectivity index (χ1v) is 11.9. The summed E-state index contributed by atoms with van der Waals surface area (Å²) in [5.41, 5.74) is 0. The van der Waals surface area contributed by atoms with Gasteiger partial charge in [-0.2, -0.15) is 0 Å². The third-order valence-corrected chi connectivity index (χ3v) is 5.20. The Morgan fingerprint density at radius 2 is 1.08 bits per heavy atom. The summed E-state index contributed by atoms with van der Waals surface area (Å²) < 4.78 is 49.0. The van der Waals surface area contributed by atoms with E-state index in [4.69, 9.17) is 42.6 Å². The molecule has 0 saturated carbocycles. The molecule has 0 radical (unpaired) electrons. The smallest absolute Gasteiger partial charge is 0.303 e. The van der Waals surface area contributed by atoms with E-state index < -0.39 is 91.4 Å². The van der Waals surface area contributed by atoms with Gasteiger partial charge in [-0.25, -0.2) is 0 Å². The monoisotopic (exact) mass is 560 g/mol. The lowest BCUT2D eigenvalue weighted by molar-refractivity contribution is -0.328. The quantitative estimate of drug-likeness (QED) is 0.254. The summed E-state index contributed by atoms with van der Waals surface area (Å²) in [6.45, 7) is 5.92. The third kappa shape index (κ3) is 9.83. The van der Waals surface area contributed by atoms with Crippen LogP contribution in [0.4, 0.5) is 0 Å². The minimum absolute atomic E-state index is 0.326. The van der Waals surface area contributed by atoms with Crippen molar-refractivity contribution in [2.24, 2.45) is 0 Å². The van der Waals surface area contributed by atoms with Crippen LogP contribution in [0.25, 0.3) is 0 Å². The topological polar surface area (TPSA) is 185 Å². The van der Waals surface area contributed by atoms with Gasteiger partial charge in [-0.3, -0.25) is 28.8 Å². The Kier molecular flexibility index (Phi) is 11.7. The maximum Gasteiger partial charge on any atom is 0.303 e. The van der Waals surface area contributed by atoms with Gasteiger partial charge in [0.1, 0.15) is 25.4 Å². The number of rotatable bonds is 10. The van der Waals surface area contributed by atoms with E-state index >= 15 is 0 Å². The molecule has 0 unspecified atom stereocenters. The second-order valence-electron chi connectivity index (χ2n) is 8.55. The van der Waals surface area contributed by atoms with Gasteiger partial charge in [-0.15, -0.1) is 0 Å². The Morgan fingerprint density at radius 3 is 1.59 bits per heavy atom. The van der Waals surface area contributed by atoms with Crippen molar-refractivity contribution in [1.82, 2.24) is 0 Å². The molecule has 0 aromatic heterocycles. The van der Waals surface area contributed by atoms with Gasteiger partial charge >= 0.3 is 35.8 Å². The van der Waals surface area contributed by atoms with Gasteiger partial charge in [-0.05, 0) is 6.08 Å². The fourth-order valence-electron chi connectivity index (χ4n) is 3.87. The number of carbonyl (C=O) groups excluding carboxylic acids is 6. The standard InChI is InChI=1S/C24H32O15/c1-11(25)32-9-18-20(17(7-8-31-18)34-13(3)27)39-24-23(37-16(6)30)22(36-15(5)29)21(35-14(4)28)19(38-24)10-33-12(2)26/h7-8,17-24H,9-10H2,1-6H3/t17-,18-,19+,20+,21+,22-,23+,24+/m0/s1. The van der Waals surface area contributed by atoms with Crippen LogP contribution in [0.1, 0.15) is 41.5 Å². The molecule has 8 atom stereocenters. The number of carbonyl (C=O) groups is 6. The first-order chi connectivity index (χ1) is 18.3. The van der Waals surface area contributed by atoms with Crippen LogP contribution in [0.5, 0.6) is 0 Å². The fourth-order valence-corrected chi connectivity index (χ4v) is 3.87. The Labute approximate surface area is 223 Å². The van der Waals surface area contributed by atoms with Crippen molar-refractivity contribution in [3.05, 3.63) is 12.3 Å². The largest absolute Gasteiger partial charge is 0.492 e. The lowest BCUT2D eigenvalue weighted by atomic mass is 9.97. The molecule has 39 heavy (non-hydrogen) atoms. The molecule has 218 valence electrons. The number of esters is 6. The molecule has 15 heteroatoms. The van der Waals surface area contributed by atoms with Crippen LogP contribution in [0.15, 0.2) is 12.3 Å². The Balaban J connectivity index is 2.52. The number of hydrogen-bond acceptors (Lipinski definition) is 15. The summed E-state index contributed by atoms with van der Waals surface area (Å²) in [5, 5.41) is 0. The van der Waals surface area contributed by atoms with E-state index in [0.717, 1.165) is 34.6 Å². The van der Waals surface area contributed by atoms with E-state index in [1.165, 1.54) is 19.3 Å². The van der Waals surface area contributed by atoms with Crippen LogP contribution in [0, 0.1) is 0 Å². The van der Waals surface area contributed by atoms with Crippen molar-refractivity contribution in [2.45, 2.75) is 90.6 Å². The molecule has 2 rings (SSSR count). The summed E-state index contributed by atoms with van der Waals surface area (Å²) in [5.74, 6) is -4.43. The third-order valence-electron chi connectivity index (χ3n) is 5.20. The molecule has 1 saturated heterocycles. The summed E-state index contributed by atoms with van der Waals surface area (Å²) in [6.07, 6.45) is -7.97. The Morgan fingerprint density at radius 1 is 0.590 bits per heavy atom. The molecule has 2 aliphatic rings. The maximum atomic E-state index is 12.0. The lowest BCUT2D eigenvalue weighted by Crippen LogP contribution is -2.64. The lowest BCUT2D eigenvalue weighted by Gasteiger charge is -2.46. The van der Waals surface area contributed by atoms with E-state index in [1.54, 1.807) is 0 Å². The van der Waals surface area contributed by atoms with Gasteiger partial charge in [-0.1, -0.05) is 0 Å². The molecular formula is C24H32O15. The molecule has 0 amide bonds. The minimum Gasteiger partial charge on any atom is -0.492 e. The zero-order valence-electron chi connectivity index (χ0n) is 22.3. The van der Waals surface area contributed by atoms with E-state index in [2.05, 4.69) is 0 Å². The Bertz CT molecular complexity index is 959. The second-order valence-corrected chi connectivity index (χ2v) is 8.55. The molecule has 0 aliphatic carbocycles. The number of hydrogen-bond donors (Lipinski definition) is 0. The number of ether oxygens (including phenoxy) is 9. The molecule has 0 aromatic carbocycles. The van der Waals surface area contributed by atoms with Gasteiger partial charge in [0.2, 0.25) is 0 Å². The predicted molar refractivity (Wildman–Crippen MR) is 123 cm³/mol. The van der Waals surface area contributed by atoms with Crippen LogP contribution < -0.4 is 0 Å². The summed E-state index contributed by atoms with van der Waals surface area (Å²) in [6, 6.07) is 0. The van der Waals surface area contributed by atoms with E-state index in [0.29, 0.717) is 0 Å². The SMILES string of the molecule is CC(=O)OC[C@@H]1OC=C[C@H](OC(C)=O)[C@H]1O[C@H]1O[C@H](COC(C)=O)[C@@H](OC(C)=O)[C@H](OC(C)=O)[C@H]1OC(C)=O. The Hall–Kier alpha value is -3.72. The van der Waals surface area contributed by atoms with Gasteiger partial charge in [0.05, 0.1) is 6.26 Å². The van der Waals surface area contributed by atoms with Crippen LogP contribution in [0.3, 0.4) is 0 Å². The highest BCUT2D eigenvalue weighted by Crippen LogP contribution is 2.32. The van der Waals surface area contributed by atoms with Crippen LogP contribution >= 0.6 is 0 Å².